The number of hydrogen-bond acceptors (Lipinski definition) is 3. The Balaban J connectivity index is 3.06. The molecule has 0 aromatic heterocycles. The highest BCUT2D eigenvalue weighted by atomic mass is 35.5. The average Bonchev–Trinajstić information content (AvgIpc) is 2.17. The predicted octanol–water partition coefficient (Wildman–Crippen LogP) is 1.43. The molecular formula is C9H10ClNO3. The first-order valence-corrected chi connectivity index (χ1v) is 4.26. The van der Waals surface area contributed by atoms with Crippen LogP contribution < -0.4 is 10.5 Å². The van der Waals surface area contributed by atoms with Gasteiger partial charge in [-0.05, 0) is 17.7 Å². The highest BCUT2D eigenvalue weighted by molar-refractivity contribution is 6.32. The van der Waals surface area contributed by atoms with E-state index in [1.165, 1.54) is 13.2 Å². The molecule has 0 bridgehead atoms. The largest absolute Gasteiger partial charge is 0.495 e. The molecule has 76 valence electrons. The molecule has 0 heterocycles. The van der Waals surface area contributed by atoms with Gasteiger partial charge in [0.05, 0.1) is 12.1 Å². The monoisotopic (exact) mass is 215 g/mol. The summed E-state index contributed by atoms with van der Waals surface area (Å²) in [6, 6.07) is 3.57. The molecule has 0 amide bonds. The Morgan fingerprint density at radius 2 is 2.29 bits per heavy atom. The van der Waals surface area contributed by atoms with Crippen molar-refractivity contribution in [2.45, 2.75) is 6.04 Å². The number of carbonyl (C=O) groups is 1. The Labute approximate surface area is 86.2 Å². The van der Waals surface area contributed by atoms with Gasteiger partial charge in [-0.3, -0.25) is 4.79 Å². The minimum absolute atomic E-state index is 0.417. The van der Waals surface area contributed by atoms with Gasteiger partial charge in [-0.15, -0.1) is 0 Å². The zero-order valence-corrected chi connectivity index (χ0v) is 8.28. The van der Waals surface area contributed by atoms with E-state index in [9.17, 15) is 4.79 Å². The number of hydrogen-bond donors (Lipinski definition) is 2. The highest BCUT2D eigenvalue weighted by Crippen LogP contribution is 2.27. The molecule has 0 aliphatic rings. The van der Waals surface area contributed by atoms with E-state index in [1.54, 1.807) is 12.1 Å². The van der Waals surface area contributed by atoms with Gasteiger partial charge >= 0.3 is 5.97 Å². The topological polar surface area (TPSA) is 72.5 Å². The van der Waals surface area contributed by atoms with Crippen LogP contribution in [0.15, 0.2) is 18.2 Å². The fourth-order valence-electron chi connectivity index (χ4n) is 1.01. The van der Waals surface area contributed by atoms with Gasteiger partial charge in [0.25, 0.3) is 0 Å². The third-order valence-electron chi connectivity index (χ3n) is 1.80. The van der Waals surface area contributed by atoms with Crippen molar-refractivity contribution in [3.05, 3.63) is 28.8 Å². The molecule has 0 radical (unpaired) electrons. The second-order valence-corrected chi connectivity index (χ2v) is 3.12. The summed E-state index contributed by atoms with van der Waals surface area (Å²) in [5.74, 6) is -0.671. The maximum Gasteiger partial charge on any atom is 0.325 e. The lowest BCUT2D eigenvalue weighted by Crippen LogP contribution is -2.20. The zero-order chi connectivity index (χ0) is 10.7. The molecular weight excluding hydrogens is 206 g/mol. The van der Waals surface area contributed by atoms with Gasteiger partial charge in [-0.2, -0.15) is 0 Å². The molecule has 0 fully saturated rings. The summed E-state index contributed by atoms with van der Waals surface area (Å²) in [6.07, 6.45) is 0. The molecule has 1 rings (SSSR count). The third kappa shape index (κ3) is 2.16. The van der Waals surface area contributed by atoms with E-state index >= 15 is 0 Å². The van der Waals surface area contributed by atoms with Gasteiger partial charge in [0.15, 0.2) is 0 Å². The molecule has 1 aromatic rings. The quantitative estimate of drug-likeness (QED) is 0.800. The van der Waals surface area contributed by atoms with E-state index in [1.807, 2.05) is 0 Å². The van der Waals surface area contributed by atoms with E-state index in [2.05, 4.69) is 0 Å². The lowest BCUT2D eigenvalue weighted by molar-refractivity contribution is -0.138. The molecule has 0 saturated carbocycles. The van der Waals surface area contributed by atoms with Crippen LogP contribution in [0.2, 0.25) is 5.02 Å². The molecule has 1 unspecified atom stereocenters. The average molecular weight is 216 g/mol. The second-order valence-electron chi connectivity index (χ2n) is 2.71. The number of benzene rings is 1. The van der Waals surface area contributed by atoms with Crippen molar-refractivity contribution in [2.24, 2.45) is 5.73 Å². The molecule has 0 saturated heterocycles. The first-order valence-electron chi connectivity index (χ1n) is 3.88. The smallest absolute Gasteiger partial charge is 0.325 e. The molecule has 0 aliphatic heterocycles. The van der Waals surface area contributed by atoms with Gasteiger partial charge in [0.2, 0.25) is 0 Å². The van der Waals surface area contributed by atoms with E-state index < -0.39 is 12.0 Å². The number of ether oxygens (including phenoxy) is 1. The van der Waals surface area contributed by atoms with Gasteiger partial charge < -0.3 is 15.6 Å². The molecule has 4 nitrogen and oxygen atoms in total. The Morgan fingerprint density at radius 3 is 2.79 bits per heavy atom. The summed E-state index contributed by atoms with van der Waals surface area (Å²) in [5.41, 5.74) is 5.87. The van der Waals surface area contributed by atoms with Gasteiger partial charge in [0.1, 0.15) is 11.8 Å². The number of carboxylic acids is 1. The van der Waals surface area contributed by atoms with Crippen LogP contribution >= 0.6 is 11.6 Å². The second kappa shape index (κ2) is 4.30. The van der Waals surface area contributed by atoms with E-state index in [0.29, 0.717) is 16.3 Å². The minimum Gasteiger partial charge on any atom is -0.495 e. The Bertz CT molecular complexity index is 354. The fraction of sp³-hybridized carbons (Fsp3) is 0.222. The highest BCUT2D eigenvalue weighted by Gasteiger charge is 2.15. The molecule has 1 aromatic carbocycles. The number of carboxylic acid groups (broad SMARTS) is 1. The summed E-state index contributed by atoms with van der Waals surface area (Å²) in [4.78, 5) is 10.6. The molecule has 3 N–H and O–H groups in total. The van der Waals surface area contributed by atoms with Crippen molar-refractivity contribution in [1.82, 2.24) is 0 Å². The van der Waals surface area contributed by atoms with Crippen LogP contribution in [0.5, 0.6) is 5.75 Å². The number of nitrogens with two attached hydrogens (primary N) is 1. The van der Waals surface area contributed by atoms with Gasteiger partial charge in [-0.25, -0.2) is 0 Å². The van der Waals surface area contributed by atoms with Crippen LogP contribution in [0.4, 0.5) is 0 Å². The Kier molecular flexibility index (Phi) is 3.33. The molecule has 14 heavy (non-hydrogen) atoms. The van der Waals surface area contributed by atoms with Crippen LogP contribution in [0, 0.1) is 0 Å². The maximum atomic E-state index is 10.6. The van der Waals surface area contributed by atoms with Crippen molar-refractivity contribution in [2.75, 3.05) is 7.11 Å². The fourth-order valence-corrected chi connectivity index (χ4v) is 1.21. The van der Waals surface area contributed by atoms with Gasteiger partial charge in [0, 0.05) is 0 Å². The summed E-state index contributed by atoms with van der Waals surface area (Å²) in [7, 11) is 1.46. The predicted molar refractivity (Wildman–Crippen MR) is 52.6 cm³/mol. The van der Waals surface area contributed by atoms with E-state index in [-0.39, 0.29) is 0 Å². The van der Waals surface area contributed by atoms with Crippen LogP contribution in [-0.2, 0) is 4.79 Å². The van der Waals surface area contributed by atoms with Crippen molar-refractivity contribution in [1.29, 1.82) is 0 Å². The summed E-state index contributed by atoms with van der Waals surface area (Å²) in [5, 5.41) is 9.09. The summed E-state index contributed by atoms with van der Waals surface area (Å²) < 4.78 is 4.94. The standard InChI is InChI=1S/C9H10ClNO3/c1-14-7-4-5(2-3-6(7)10)8(11)9(12)13/h2-4,8H,11H2,1H3,(H,12,13). The Hall–Kier alpha value is -1.26. The van der Waals surface area contributed by atoms with Crippen LogP contribution in [0.3, 0.4) is 0 Å². The van der Waals surface area contributed by atoms with Crippen LogP contribution in [0.25, 0.3) is 0 Å². The normalized spacial score (nSPS) is 12.2. The zero-order valence-electron chi connectivity index (χ0n) is 7.53. The first-order chi connectivity index (χ1) is 6.56. The third-order valence-corrected chi connectivity index (χ3v) is 2.11. The molecule has 0 aliphatic carbocycles. The molecule has 0 spiro atoms. The van der Waals surface area contributed by atoms with Crippen molar-refractivity contribution >= 4 is 17.6 Å². The molecule has 5 heteroatoms. The lowest BCUT2D eigenvalue weighted by atomic mass is 10.1. The first kappa shape index (κ1) is 10.8. The Morgan fingerprint density at radius 1 is 1.64 bits per heavy atom. The SMILES string of the molecule is COc1cc(C(N)C(=O)O)ccc1Cl. The maximum absolute atomic E-state index is 10.6. The van der Waals surface area contributed by atoms with Crippen molar-refractivity contribution in [3.8, 4) is 5.75 Å². The van der Waals surface area contributed by atoms with Crippen molar-refractivity contribution in [3.63, 3.8) is 0 Å². The number of rotatable bonds is 3. The minimum atomic E-state index is -1.09. The number of aliphatic carboxylic acids is 1. The summed E-state index contributed by atoms with van der Waals surface area (Å²) >= 11 is 5.77. The van der Waals surface area contributed by atoms with E-state index in [4.69, 9.17) is 27.2 Å². The molecule has 1 atom stereocenters. The van der Waals surface area contributed by atoms with Crippen LogP contribution in [-0.4, -0.2) is 18.2 Å². The summed E-state index contributed by atoms with van der Waals surface area (Å²) in [6.45, 7) is 0. The number of methoxy groups -OCH3 is 1. The van der Waals surface area contributed by atoms with Crippen LogP contribution in [0.1, 0.15) is 11.6 Å². The number of halogens is 1. The lowest BCUT2D eigenvalue weighted by Gasteiger charge is -2.09. The van der Waals surface area contributed by atoms with Crippen molar-refractivity contribution < 1.29 is 14.6 Å². The van der Waals surface area contributed by atoms with E-state index in [0.717, 1.165) is 0 Å². The van der Waals surface area contributed by atoms with Gasteiger partial charge in [-0.1, -0.05) is 17.7 Å².